The second-order valence-electron chi connectivity index (χ2n) is 3.41. The number of rotatable bonds is 3. The SMILES string of the molecule is NC(=O)c1ccc(Oc2ccc(N)nc2)cc1. The second kappa shape index (κ2) is 4.52. The van der Waals surface area contributed by atoms with E-state index >= 15 is 0 Å². The third-order valence-corrected chi connectivity index (χ3v) is 2.13. The van der Waals surface area contributed by atoms with Crippen molar-refractivity contribution in [2.24, 2.45) is 5.73 Å². The Morgan fingerprint density at radius 2 is 1.71 bits per heavy atom. The first kappa shape index (κ1) is 10.9. The number of benzene rings is 1. The zero-order valence-electron chi connectivity index (χ0n) is 8.96. The van der Waals surface area contributed by atoms with Gasteiger partial charge in [0, 0.05) is 5.56 Å². The first-order valence-electron chi connectivity index (χ1n) is 4.94. The van der Waals surface area contributed by atoms with Gasteiger partial charge in [0.2, 0.25) is 5.91 Å². The van der Waals surface area contributed by atoms with Gasteiger partial charge < -0.3 is 16.2 Å². The summed E-state index contributed by atoms with van der Waals surface area (Å²) in [6, 6.07) is 9.88. The summed E-state index contributed by atoms with van der Waals surface area (Å²) in [5.74, 6) is 1.14. The molecule has 0 fully saturated rings. The highest BCUT2D eigenvalue weighted by atomic mass is 16.5. The van der Waals surface area contributed by atoms with Crippen molar-refractivity contribution in [1.29, 1.82) is 0 Å². The molecule has 0 aliphatic carbocycles. The summed E-state index contributed by atoms with van der Waals surface area (Å²) in [5.41, 5.74) is 11.0. The van der Waals surface area contributed by atoms with Crippen LogP contribution in [-0.4, -0.2) is 10.9 Å². The number of anilines is 1. The molecule has 4 N–H and O–H groups in total. The van der Waals surface area contributed by atoms with Gasteiger partial charge in [0.1, 0.15) is 17.3 Å². The maximum atomic E-state index is 10.9. The van der Waals surface area contributed by atoms with Crippen LogP contribution in [-0.2, 0) is 0 Å². The normalized spacial score (nSPS) is 9.88. The molecule has 0 aliphatic heterocycles. The zero-order chi connectivity index (χ0) is 12.3. The van der Waals surface area contributed by atoms with Crippen molar-refractivity contribution in [3.8, 4) is 11.5 Å². The Bertz CT molecular complexity index is 520. The minimum Gasteiger partial charge on any atom is -0.456 e. The highest BCUT2D eigenvalue weighted by molar-refractivity contribution is 5.92. The molecule has 1 aromatic carbocycles. The first-order valence-corrected chi connectivity index (χ1v) is 4.94. The number of nitrogens with two attached hydrogens (primary N) is 2. The van der Waals surface area contributed by atoms with Crippen LogP contribution in [0, 0.1) is 0 Å². The topological polar surface area (TPSA) is 91.2 Å². The van der Waals surface area contributed by atoms with Crippen LogP contribution in [0.2, 0.25) is 0 Å². The fourth-order valence-electron chi connectivity index (χ4n) is 1.28. The highest BCUT2D eigenvalue weighted by Gasteiger charge is 2.01. The number of carbonyl (C=O) groups excluding carboxylic acids is 1. The Kier molecular flexibility index (Phi) is 2.91. The average Bonchev–Trinajstić information content (AvgIpc) is 2.33. The number of nitrogens with zero attached hydrogens (tertiary/aromatic N) is 1. The van der Waals surface area contributed by atoms with Gasteiger partial charge in [0.05, 0.1) is 6.20 Å². The maximum Gasteiger partial charge on any atom is 0.248 e. The molecule has 0 atom stereocenters. The van der Waals surface area contributed by atoms with E-state index in [1.807, 2.05) is 0 Å². The molecule has 17 heavy (non-hydrogen) atoms. The summed E-state index contributed by atoms with van der Waals surface area (Å²) in [6.07, 6.45) is 1.53. The minimum absolute atomic E-state index is 0.432. The Morgan fingerprint density at radius 3 is 2.24 bits per heavy atom. The van der Waals surface area contributed by atoms with Crippen molar-refractivity contribution >= 4 is 11.7 Å². The van der Waals surface area contributed by atoms with Gasteiger partial charge >= 0.3 is 0 Å². The molecule has 2 rings (SSSR count). The molecule has 0 saturated carbocycles. The summed E-state index contributed by atoms with van der Waals surface area (Å²) >= 11 is 0. The lowest BCUT2D eigenvalue weighted by Crippen LogP contribution is -2.10. The summed E-state index contributed by atoms with van der Waals surface area (Å²) in [4.78, 5) is 14.8. The smallest absolute Gasteiger partial charge is 0.248 e. The summed E-state index contributed by atoms with van der Waals surface area (Å²) in [7, 11) is 0. The van der Waals surface area contributed by atoms with Gasteiger partial charge in [-0.15, -0.1) is 0 Å². The van der Waals surface area contributed by atoms with E-state index in [0.29, 0.717) is 22.9 Å². The van der Waals surface area contributed by atoms with Gasteiger partial charge in [0.15, 0.2) is 0 Å². The third kappa shape index (κ3) is 2.72. The number of hydrogen-bond donors (Lipinski definition) is 2. The van der Waals surface area contributed by atoms with Crippen LogP contribution in [0.1, 0.15) is 10.4 Å². The van der Waals surface area contributed by atoms with Crippen molar-refractivity contribution in [3.63, 3.8) is 0 Å². The monoisotopic (exact) mass is 229 g/mol. The lowest BCUT2D eigenvalue weighted by Gasteiger charge is -2.05. The van der Waals surface area contributed by atoms with E-state index in [4.69, 9.17) is 16.2 Å². The van der Waals surface area contributed by atoms with E-state index in [1.54, 1.807) is 36.4 Å². The van der Waals surface area contributed by atoms with E-state index in [-0.39, 0.29) is 0 Å². The molecular weight excluding hydrogens is 218 g/mol. The quantitative estimate of drug-likeness (QED) is 0.835. The number of nitrogen functional groups attached to an aromatic ring is 1. The van der Waals surface area contributed by atoms with E-state index in [1.165, 1.54) is 6.20 Å². The van der Waals surface area contributed by atoms with Gasteiger partial charge in [-0.25, -0.2) is 4.98 Å². The number of primary amides is 1. The van der Waals surface area contributed by atoms with Crippen molar-refractivity contribution in [1.82, 2.24) is 4.98 Å². The van der Waals surface area contributed by atoms with Crippen LogP contribution in [0.5, 0.6) is 11.5 Å². The lowest BCUT2D eigenvalue weighted by molar-refractivity contribution is 0.100. The highest BCUT2D eigenvalue weighted by Crippen LogP contribution is 2.21. The molecule has 0 unspecified atom stereocenters. The molecule has 86 valence electrons. The molecule has 1 heterocycles. The van der Waals surface area contributed by atoms with E-state index < -0.39 is 5.91 Å². The first-order chi connectivity index (χ1) is 8.15. The fourth-order valence-corrected chi connectivity index (χ4v) is 1.28. The van der Waals surface area contributed by atoms with Gasteiger partial charge in [-0.2, -0.15) is 0 Å². The van der Waals surface area contributed by atoms with Crippen molar-refractivity contribution in [2.75, 3.05) is 5.73 Å². The van der Waals surface area contributed by atoms with Crippen LogP contribution in [0.3, 0.4) is 0 Å². The van der Waals surface area contributed by atoms with E-state index in [2.05, 4.69) is 4.98 Å². The number of aromatic nitrogens is 1. The fraction of sp³-hybridized carbons (Fsp3) is 0. The summed E-state index contributed by atoms with van der Waals surface area (Å²) in [6.45, 7) is 0. The van der Waals surface area contributed by atoms with E-state index in [9.17, 15) is 4.79 Å². The number of ether oxygens (including phenoxy) is 1. The molecule has 5 heteroatoms. The molecular formula is C12H11N3O2. The minimum atomic E-state index is -0.467. The lowest BCUT2D eigenvalue weighted by atomic mass is 10.2. The molecule has 5 nitrogen and oxygen atoms in total. The van der Waals surface area contributed by atoms with Crippen LogP contribution in [0.25, 0.3) is 0 Å². The average molecular weight is 229 g/mol. The molecule has 0 saturated heterocycles. The Morgan fingerprint density at radius 1 is 1.06 bits per heavy atom. The van der Waals surface area contributed by atoms with Gasteiger partial charge in [-0.1, -0.05) is 0 Å². The number of amides is 1. The van der Waals surface area contributed by atoms with Gasteiger partial charge in [-0.05, 0) is 36.4 Å². The van der Waals surface area contributed by atoms with Crippen molar-refractivity contribution in [2.45, 2.75) is 0 Å². The van der Waals surface area contributed by atoms with Crippen LogP contribution < -0.4 is 16.2 Å². The molecule has 0 spiro atoms. The maximum absolute atomic E-state index is 10.9. The van der Waals surface area contributed by atoms with Crippen LogP contribution >= 0.6 is 0 Å². The van der Waals surface area contributed by atoms with Crippen molar-refractivity contribution in [3.05, 3.63) is 48.2 Å². The molecule has 1 amide bonds. The number of pyridine rings is 1. The summed E-state index contributed by atoms with van der Waals surface area (Å²) < 4.78 is 5.50. The van der Waals surface area contributed by atoms with Gasteiger partial charge in [-0.3, -0.25) is 4.79 Å². The molecule has 0 bridgehead atoms. The largest absolute Gasteiger partial charge is 0.456 e. The Balaban J connectivity index is 2.13. The van der Waals surface area contributed by atoms with Gasteiger partial charge in [0.25, 0.3) is 0 Å². The predicted octanol–water partition coefficient (Wildman–Crippen LogP) is 1.55. The molecule has 1 aromatic heterocycles. The zero-order valence-corrected chi connectivity index (χ0v) is 8.96. The molecule has 2 aromatic rings. The molecule has 0 radical (unpaired) electrons. The van der Waals surface area contributed by atoms with Crippen LogP contribution in [0.15, 0.2) is 42.6 Å². The Labute approximate surface area is 98.0 Å². The van der Waals surface area contributed by atoms with E-state index in [0.717, 1.165) is 0 Å². The predicted molar refractivity (Wildman–Crippen MR) is 63.7 cm³/mol. The third-order valence-electron chi connectivity index (χ3n) is 2.13. The standard InChI is InChI=1S/C12H11N3O2/c13-11-6-5-10(7-15-11)17-9-3-1-8(2-4-9)12(14)16/h1-7H,(H2,13,15)(H2,14,16). The Hall–Kier alpha value is -2.56. The summed E-state index contributed by atoms with van der Waals surface area (Å²) in [5, 5.41) is 0. The molecule has 0 aliphatic rings. The number of carbonyl (C=O) groups is 1. The van der Waals surface area contributed by atoms with Crippen LogP contribution in [0.4, 0.5) is 5.82 Å². The van der Waals surface area contributed by atoms with Crippen molar-refractivity contribution < 1.29 is 9.53 Å². The second-order valence-corrected chi connectivity index (χ2v) is 3.41. The number of hydrogen-bond acceptors (Lipinski definition) is 4.